The van der Waals surface area contributed by atoms with Crippen molar-refractivity contribution in [1.82, 2.24) is 0 Å². The molecule has 1 unspecified atom stereocenters. The van der Waals surface area contributed by atoms with Gasteiger partial charge < -0.3 is 30.3 Å². The van der Waals surface area contributed by atoms with Gasteiger partial charge in [0.25, 0.3) is 0 Å². The minimum Gasteiger partial charge on any atom is -0.465 e. The number of cyclic esters (lactones) is 1. The summed E-state index contributed by atoms with van der Waals surface area (Å²) < 4.78 is 5.85. The zero-order chi connectivity index (χ0) is 25.9. The molecule has 4 rings (SSSR count). The molecule has 3 saturated carbocycles. The lowest BCUT2D eigenvalue weighted by atomic mass is 9.48. The van der Waals surface area contributed by atoms with Gasteiger partial charge in [0.05, 0.1) is 36.9 Å². The third-order valence-electron chi connectivity index (χ3n) is 11.7. The molecule has 14 atom stereocenters. The Morgan fingerprint density at radius 3 is 2.29 bits per heavy atom. The Labute approximate surface area is 210 Å². The van der Waals surface area contributed by atoms with Gasteiger partial charge in [-0.3, -0.25) is 4.79 Å². The standard InChI is InChI=1S/C28H48O7/c1-14(12-29)15(2)24(32)25(33)16(3)18-6-7-19-17-13-35-26(34)21-10-22(30)23(31)11-28(21,5)20(17)8-9-27(18,19)4/h14-25,29-33H,6-13H2,1-5H3/t14?,15-,16-,17-,18-,19-,20-,21+,22-,23+,24+,25+,27-,28+/m0/s1. The van der Waals surface area contributed by atoms with Gasteiger partial charge in [0.2, 0.25) is 0 Å². The molecule has 202 valence electrons. The van der Waals surface area contributed by atoms with Crippen LogP contribution in [-0.2, 0) is 9.53 Å². The lowest BCUT2D eigenvalue weighted by molar-refractivity contribution is -0.162. The van der Waals surface area contributed by atoms with E-state index in [-0.39, 0.29) is 65.8 Å². The molecule has 0 bridgehead atoms. The largest absolute Gasteiger partial charge is 0.465 e. The summed E-state index contributed by atoms with van der Waals surface area (Å²) in [5.41, 5.74) is -0.421. The monoisotopic (exact) mass is 496 g/mol. The fourth-order valence-electron chi connectivity index (χ4n) is 9.06. The van der Waals surface area contributed by atoms with Crippen LogP contribution in [0.3, 0.4) is 0 Å². The van der Waals surface area contributed by atoms with Crippen LogP contribution in [-0.4, -0.2) is 69.1 Å². The number of aliphatic hydroxyl groups is 5. The SMILES string of the molecule is CC(CO)[C@H](C)[C@@H](O)[C@H](O)[C@@H](C)[C@@H]1CC[C@H]2[C@@H]3COC(=O)[C@H]4C[C@H](O)[C@H](O)C[C@]4(C)[C@H]3CC[C@@]12C. The summed E-state index contributed by atoms with van der Waals surface area (Å²) in [6.45, 7) is 10.7. The fraction of sp³-hybridized carbons (Fsp3) is 0.964. The Kier molecular flexibility index (Phi) is 7.70. The van der Waals surface area contributed by atoms with E-state index in [1.54, 1.807) is 0 Å². The second-order valence-electron chi connectivity index (χ2n) is 13.2. The van der Waals surface area contributed by atoms with E-state index in [1.165, 1.54) is 0 Å². The summed E-state index contributed by atoms with van der Waals surface area (Å²) in [6.07, 6.45) is 1.12. The lowest BCUT2D eigenvalue weighted by Gasteiger charge is -2.56. The molecule has 0 aromatic rings. The minimum absolute atomic E-state index is 0.0180. The predicted molar refractivity (Wildman–Crippen MR) is 131 cm³/mol. The fourth-order valence-corrected chi connectivity index (χ4v) is 9.06. The van der Waals surface area contributed by atoms with E-state index in [0.717, 1.165) is 25.7 Å². The number of aliphatic hydroxyl groups excluding tert-OH is 5. The number of esters is 1. The zero-order valence-electron chi connectivity index (χ0n) is 22.1. The zero-order valence-corrected chi connectivity index (χ0v) is 22.1. The molecular weight excluding hydrogens is 448 g/mol. The van der Waals surface area contributed by atoms with Crippen molar-refractivity contribution in [2.24, 2.45) is 58.2 Å². The maximum absolute atomic E-state index is 13.0. The Balaban J connectivity index is 1.56. The average Bonchev–Trinajstić information content (AvgIpc) is 3.14. The Morgan fingerprint density at radius 2 is 1.63 bits per heavy atom. The molecule has 7 heteroatoms. The number of ether oxygens (including phenoxy) is 1. The number of hydrogen-bond acceptors (Lipinski definition) is 7. The highest BCUT2D eigenvalue weighted by Gasteiger charge is 2.63. The van der Waals surface area contributed by atoms with Crippen LogP contribution >= 0.6 is 0 Å². The summed E-state index contributed by atoms with van der Waals surface area (Å²) >= 11 is 0. The minimum atomic E-state index is -0.889. The maximum atomic E-state index is 13.0. The van der Waals surface area contributed by atoms with Crippen molar-refractivity contribution in [2.45, 2.75) is 97.6 Å². The van der Waals surface area contributed by atoms with Crippen molar-refractivity contribution in [3.63, 3.8) is 0 Å². The van der Waals surface area contributed by atoms with Crippen LogP contribution in [0, 0.1) is 58.2 Å². The summed E-state index contributed by atoms with van der Waals surface area (Å²) in [7, 11) is 0. The van der Waals surface area contributed by atoms with Crippen LogP contribution in [0.2, 0.25) is 0 Å². The summed E-state index contributed by atoms with van der Waals surface area (Å²) in [5.74, 6) is 0.0316. The van der Waals surface area contributed by atoms with Crippen molar-refractivity contribution in [3.05, 3.63) is 0 Å². The predicted octanol–water partition coefficient (Wildman–Crippen LogP) is 2.36. The van der Waals surface area contributed by atoms with Crippen molar-refractivity contribution in [2.75, 3.05) is 13.2 Å². The Morgan fingerprint density at radius 1 is 0.971 bits per heavy atom. The number of hydrogen-bond donors (Lipinski definition) is 5. The van der Waals surface area contributed by atoms with E-state index in [1.807, 2.05) is 13.8 Å². The maximum Gasteiger partial charge on any atom is 0.309 e. The first kappa shape index (κ1) is 27.3. The van der Waals surface area contributed by atoms with Crippen LogP contribution in [0.4, 0.5) is 0 Å². The molecule has 1 heterocycles. The van der Waals surface area contributed by atoms with Gasteiger partial charge in [0, 0.05) is 6.61 Å². The van der Waals surface area contributed by atoms with Crippen LogP contribution in [0.5, 0.6) is 0 Å². The molecular formula is C28H48O7. The molecule has 0 aromatic carbocycles. The van der Waals surface area contributed by atoms with Gasteiger partial charge in [-0.1, -0.05) is 34.6 Å². The van der Waals surface area contributed by atoms with Crippen molar-refractivity contribution in [3.8, 4) is 0 Å². The third-order valence-corrected chi connectivity index (χ3v) is 11.7. The molecule has 3 aliphatic carbocycles. The second kappa shape index (κ2) is 9.86. The molecule has 1 saturated heterocycles. The van der Waals surface area contributed by atoms with Gasteiger partial charge >= 0.3 is 5.97 Å². The smallest absolute Gasteiger partial charge is 0.309 e. The van der Waals surface area contributed by atoms with Crippen molar-refractivity contribution >= 4 is 5.97 Å². The van der Waals surface area contributed by atoms with E-state index >= 15 is 0 Å². The Hall–Kier alpha value is -0.730. The normalized spacial score (nSPS) is 47.8. The first-order valence-corrected chi connectivity index (χ1v) is 13.9. The highest BCUT2D eigenvalue weighted by atomic mass is 16.5. The molecule has 35 heavy (non-hydrogen) atoms. The van der Waals surface area contributed by atoms with Gasteiger partial charge in [-0.15, -0.1) is 0 Å². The van der Waals surface area contributed by atoms with Crippen LogP contribution in [0.25, 0.3) is 0 Å². The van der Waals surface area contributed by atoms with Gasteiger partial charge in [-0.05, 0) is 90.8 Å². The average molecular weight is 497 g/mol. The second-order valence-corrected chi connectivity index (χ2v) is 13.2. The van der Waals surface area contributed by atoms with Gasteiger partial charge in [-0.2, -0.15) is 0 Å². The topological polar surface area (TPSA) is 127 Å². The number of rotatable bonds is 6. The molecule has 4 fully saturated rings. The van der Waals surface area contributed by atoms with Crippen LogP contribution < -0.4 is 0 Å². The number of fused-ring (bicyclic) bond motifs is 5. The van der Waals surface area contributed by atoms with Gasteiger partial charge in [-0.25, -0.2) is 0 Å². The van der Waals surface area contributed by atoms with E-state index in [2.05, 4.69) is 20.8 Å². The van der Waals surface area contributed by atoms with Crippen molar-refractivity contribution in [1.29, 1.82) is 0 Å². The quantitative estimate of drug-likeness (QED) is 0.357. The first-order valence-electron chi connectivity index (χ1n) is 13.9. The van der Waals surface area contributed by atoms with Crippen LogP contribution in [0.15, 0.2) is 0 Å². The number of carbonyl (C=O) groups excluding carboxylic acids is 1. The summed E-state index contributed by atoms with van der Waals surface area (Å²) in [6, 6.07) is 0. The van der Waals surface area contributed by atoms with E-state index in [4.69, 9.17) is 4.74 Å². The molecule has 0 spiro atoms. The van der Waals surface area contributed by atoms with Gasteiger partial charge in [0.15, 0.2) is 0 Å². The van der Waals surface area contributed by atoms with Crippen LogP contribution in [0.1, 0.15) is 73.1 Å². The molecule has 1 aliphatic heterocycles. The number of carbonyl (C=O) groups is 1. The lowest BCUT2D eigenvalue weighted by Crippen LogP contribution is -2.55. The molecule has 0 radical (unpaired) electrons. The summed E-state index contributed by atoms with van der Waals surface area (Å²) in [4.78, 5) is 13.0. The molecule has 7 nitrogen and oxygen atoms in total. The van der Waals surface area contributed by atoms with E-state index in [0.29, 0.717) is 18.9 Å². The van der Waals surface area contributed by atoms with Crippen molar-refractivity contribution < 1.29 is 35.1 Å². The van der Waals surface area contributed by atoms with Gasteiger partial charge in [0.1, 0.15) is 0 Å². The Bertz CT molecular complexity index is 774. The first-order chi connectivity index (χ1) is 16.4. The molecule has 4 aliphatic rings. The molecule has 0 amide bonds. The van der Waals surface area contributed by atoms with E-state index < -0.39 is 29.8 Å². The third kappa shape index (κ3) is 4.37. The highest BCUT2D eigenvalue weighted by Crippen LogP contribution is 2.66. The summed E-state index contributed by atoms with van der Waals surface area (Å²) in [5, 5.41) is 52.4. The van der Waals surface area contributed by atoms with E-state index in [9.17, 15) is 30.3 Å². The molecule has 5 N–H and O–H groups in total. The molecule has 0 aromatic heterocycles. The highest BCUT2D eigenvalue weighted by molar-refractivity contribution is 5.74.